The summed E-state index contributed by atoms with van der Waals surface area (Å²) in [5.41, 5.74) is 2.03. The lowest BCUT2D eigenvalue weighted by molar-refractivity contribution is -0.126. The summed E-state index contributed by atoms with van der Waals surface area (Å²) in [7, 11) is -2.95. The molecule has 1 saturated heterocycles. The summed E-state index contributed by atoms with van der Waals surface area (Å²) in [5.74, 6) is -0.747. The Morgan fingerprint density at radius 3 is 2.50 bits per heavy atom. The van der Waals surface area contributed by atoms with E-state index in [4.69, 9.17) is 9.72 Å². The van der Waals surface area contributed by atoms with Crippen molar-refractivity contribution in [3.63, 3.8) is 0 Å². The fourth-order valence-corrected chi connectivity index (χ4v) is 5.57. The fourth-order valence-electron chi connectivity index (χ4n) is 4.44. The largest absolute Gasteiger partial charge is 0.480 e. The number of carbonyl (C=O) groups is 2. The summed E-state index contributed by atoms with van der Waals surface area (Å²) in [6, 6.07) is 10.0. The molecule has 3 aromatic heterocycles. The molecule has 0 spiro atoms. The molecule has 1 amide bonds. The molecule has 1 aliphatic rings. The summed E-state index contributed by atoms with van der Waals surface area (Å²) in [5, 5.41) is 0. The van der Waals surface area contributed by atoms with Crippen LogP contribution in [-0.4, -0.2) is 78.2 Å². The first-order valence-electron chi connectivity index (χ1n) is 12.8. The maximum Gasteiger partial charge on any atom is 0.264 e. The highest BCUT2D eigenvalue weighted by atomic mass is 32.2. The van der Waals surface area contributed by atoms with Gasteiger partial charge in [0, 0.05) is 44.0 Å². The number of methoxy groups -OCH3 is 1. The van der Waals surface area contributed by atoms with E-state index in [-0.39, 0.29) is 23.3 Å². The zero-order valence-electron chi connectivity index (χ0n) is 22.7. The van der Waals surface area contributed by atoms with Crippen molar-refractivity contribution in [3.05, 3.63) is 73.0 Å². The van der Waals surface area contributed by atoms with Crippen LogP contribution in [0.25, 0.3) is 22.3 Å². The average Bonchev–Trinajstić information content (AvgIpc) is 2.99. The van der Waals surface area contributed by atoms with E-state index in [0.717, 1.165) is 12.1 Å². The van der Waals surface area contributed by atoms with E-state index in [0.29, 0.717) is 54.3 Å². The highest BCUT2D eigenvalue weighted by Crippen LogP contribution is 2.31. The van der Waals surface area contributed by atoms with E-state index in [1.165, 1.54) is 56.9 Å². The molecular formula is C28H26FN7O5S. The quantitative estimate of drug-likeness (QED) is 0.303. The number of aromatic nitrogens is 4. The van der Waals surface area contributed by atoms with Crippen LogP contribution in [0.1, 0.15) is 6.92 Å². The van der Waals surface area contributed by atoms with E-state index in [9.17, 15) is 22.4 Å². The van der Waals surface area contributed by atoms with Gasteiger partial charge >= 0.3 is 0 Å². The number of piperazine rings is 1. The molecule has 4 heterocycles. The molecule has 216 valence electrons. The molecule has 1 fully saturated rings. The fraction of sp³-hybridized carbons (Fsp3) is 0.214. The zero-order valence-corrected chi connectivity index (χ0v) is 23.5. The number of nitrogens with zero attached hydrogens (tertiary/aromatic N) is 6. The summed E-state index contributed by atoms with van der Waals surface area (Å²) in [6.45, 7) is 3.23. The molecule has 1 aromatic carbocycles. The molecule has 12 nitrogen and oxygen atoms in total. The normalized spacial score (nSPS) is 13.9. The number of halogens is 1. The molecule has 0 radical (unpaired) electrons. The number of anilines is 2. The molecule has 5 rings (SSSR count). The Balaban J connectivity index is 1.43. The number of nitrogens with one attached hydrogen (secondary N) is 1. The number of carbonyl (C=O) groups excluding carboxylic acids is 2. The minimum absolute atomic E-state index is 0.00398. The van der Waals surface area contributed by atoms with E-state index < -0.39 is 20.7 Å². The topological polar surface area (TPSA) is 148 Å². The molecule has 14 heteroatoms. The van der Waals surface area contributed by atoms with Crippen LogP contribution in [0.15, 0.2) is 72.0 Å². The number of amides is 1. The van der Waals surface area contributed by atoms with Gasteiger partial charge < -0.3 is 14.5 Å². The van der Waals surface area contributed by atoms with Crippen molar-refractivity contribution >= 4 is 44.3 Å². The van der Waals surface area contributed by atoms with E-state index >= 15 is 0 Å². The lowest BCUT2D eigenvalue weighted by atomic mass is 10.1. The van der Waals surface area contributed by atoms with Crippen molar-refractivity contribution in [2.24, 2.45) is 0 Å². The van der Waals surface area contributed by atoms with Gasteiger partial charge in [-0.05, 0) is 43.3 Å². The smallest absolute Gasteiger partial charge is 0.264 e. The second-order valence-corrected chi connectivity index (χ2v) is 11.0. The third-order valence-electron chi connectivity index (χ3n) is 6.52. The van der Waals surface area contributed by atoms with Gasteiger partial charge in [0.15, 0.2) is 11.6 Å². The number of ether oxygens (including phenoxy) is 1. The predicted molar refractivity (Wildman–Crippen MR) is 153 cm³/mol. The maximum absolute atomic E-state index is 14.3. The Morgan fingerprint density at radius 1 is 1.02 bits per heavy atom. The third kappa shape index (κ3) is 6.02. The number of allylic oxidation sites excluding steroid dienone is 1. The number of hydrogen-bond donors (Lipinski definition) is 1. The molecule has 1 aliphatic heterocycles. The van der Waals surface area contributed by atoms with Gasteiger partial charge in [-0.1, -0.05) is 12.1 Å². The molecular weight excluding hydrogens is 565 g/mol. The number of ketones is 1. The number of fused-ring (bicyclic) bond motifs is 1. The van der Waals surface area contributed by atoms with Gasteiger partial charge in [0.2, 0.25) is 11.8 Å². The average molecular weight is 592 g/mol. The molecule has 1 N–H and O–H groups in total. The van der Waals surface area contributed by atoms with Crippen molar-refractivity contribution in [2.75, 3.05) is 42.9 Å². The van der Waals surface area contributed by atoms with Crippen LogP contribution < -0.4 is 14.4 Å². The van der Waals surface area contributed by atoms with Crippen LogP contribution in [-0.2, 0) is 19.6 Å². The highest BCUT2D eigenvalue weighted by molar-refractivity contribution is 7.92. The maximum atomic E-state index is 14.3. The Kier molecular flexibility index (Phi) is 8.06. The van der Waals surface area contributed by atoms with Gasteiger partial charge in [0.1, 0.15) is 28.2 Å². The van der Waals surface area contributed by atoms with E-state index in [2.05, 4.69) is 19.7 Å². The van der Waals surface area contributed by atoms with Gasteiger partial charge in [-0.2, -0.15) is 0 Å². The SMILES string of the molecule is COc1ncc(-c2ccc3ncnc(N4CCN(C(=O)/C=C/C(C)=O)CC4)c3n2)cc1NS(=O)(=O)c1ccccc1F. The second-order valence-electron chi connectivity index (χ2n) is 9.33. The van der Waals surface area contributed by atoms with Crippen LogP contribution in [0.3, 0.4) is 0 Å². The van der Waals surface area contributed by atoms with Crippen LogP contribution in [0, 0.1) is 5.82 Å². The molecule has 0 unspecified atom stereocenters. The van der Waals surface area contributed by atoms with E-state index in [1.54, 1.807) is 17.0 Å². The molecule has 42 heavy (non-hydrogen) atoms. The molecule has 0 saturated carbocycles. The number of pyridine rings is 2. The number of rotatable bonds is 8. The first-order valence-corrected chi connectivity index (χ1v) is 14.3. The van der Waals surface area contributed by atoms with Crippen LogP contribution in [0.4, 0.5) is 15.9 Å². The highest BCUT2D eigenvalue weighted by Gasteiger charge is 2.24. The van der Waals surface area contributed by atoms with Gasteiger partial charge in [0.05, 0.1) is 18.3 Å². The standard InChI is InChI=1S/C28H26FN7O5S/c1-18(37)7-10-25(38)35-11-13-36(14-12-35)27-26-22(31-17-32-27)9-8-21(33-26)19-15-23(28(41-2)30-16-19)34-42(39,40)24-6-4-3-5-20(24)29/h3-10,15-17,34H,11-14H2,1-2H3/b10-7+. The van der Waals surface area contributed by atoms with Crippen molar-refractivity contribution in [2.45, 2.75) is 11.8 Å². The monoisotopic (exact) mass is 591 g/mol. The Bertz CT molecular complexity index is 1810. The lowest BCUT2D eigenvalue weighted by Crippen LogP contribution is -2.48. The summed E-state index contributed by atoms with van der Waals surface area (Å²) < 4.78 is 47.8. The third-order valence-corrected chi connectivity index (χ3v) is 7.92. The Hall–Kier alpha value is -4.98. The number of benzene rings is 1. The summed E-state index contributed by atoms with van der Waals surface area (Å²) >= 11 is 0. The Morgan fingerprint density at radius 2 is 1.79 bits per heavy atom. The van der Waals surface area contributed by atoms with Crippen molar-refractivity contribution < 1.29 is 27.1 Å². The summed E-state index contributed by atoms with van der Waals surface area (Å²) in [4.78, 5) is 44.5. The van der Waals surface area contributed by atoms with Crippen molar-refractivity contribution in [1.82, 2.24) is 24.8 Å². The van der Waals surface area contributed by atoms with Crippen molar-refractivity contribution in [1.29, 1.82) is 0 Å². The molecule has 0 aliphatic carbocycles. The number of sulfonamides is 1. The van der Waals surface area contributed by atoms with Gasteiger partial charge in [-0.15, -0.1) is 0 Å². The van der Waals surface area contributed by atoms with Gasteiger partial charge in [-0.3, -0.25) is 14.3 Å². The predicted octanol–water partition coefficient (Wildman–Crippen LogP) is 2.83. The first kappa shape index (κ1) is 28.5. The molecule has 4 aromatic rings. The summed E-state index contributed by atoms with van der Waals surface area (Å²) in [6.07, 6.45) is 5.45. The molecule has 0 bridgehead atoms. The second kappa shape index (κ2) is 11.9. The lowest BCUT2D eigenvalue weighted by Gasteiger charge is -2.35. The minimum Gasteiger partial charge on any atom is -0.480 e. The van der Waals surface area contributed by atoms with Crippen molar-refractivity contribution in [3.8, 4) is 17.1 Å². The first-order chi connectivity index (χ1) is 20.2. The van der Waals surface area contributed by atoms with Crippen LogP contribution in [0.2, 0.25) is 0 Å². The van der Waals surface area contributed by atoms with E-state index in [1.807, 2.05) is 4.90 Å². The van der Waals surface area contributed by atoms with Gasteiger partial charge in [-0.25, -0.2) is 32.7 Å². The van der Waals surface area contributed by atoms with Crippen LogP contribution >= 0.6 is 0 Å². The van der Waals surface area contributed by atoms with Gasteiger partial charge in [0.25, 0.3) is 10.0 Å². The minimum atomic E-state index is -4.29. The molecule has 0 atom stereocenters. The van der Waals surface area contributed by atoms with Crippen LogP contribution in [0.5, 0.6) is 5.88 Å². The Labute approximate surface area is 240 Å². The number of hydrogen-bond acceptors (Lipinski definition) is 10. The zero-order chi connectivity index (χ0) is 29.9.